The predicted molar refractivity (Wildman–Crippen MR) is 95.4 cm³/mol. The van der Waals surface area contributed by atoms with Gasteiger partial charge in [0, 0.05) is 36.9 Å². The molecule has 9 nitrogen and oxygen atoms in total. The molecule has 4 aromatic rings. The van der Waals surface area contributed by atoms with E-state index >= 15 is 0 Å². The van der Waals surface area contributed by atoms with Gasteiger partial charge in [-0.2, -0.15) is 10.1 Å². The van der Waals surface area contributed by atoms with Crippen LogP contribution in [-0.4, -0.2) is 31.2 Å². The van der Waals surface area contributed by atoms with Gasteiger partial charge in [-0.25, -0.2) is 0 Å². The number of H-pyrrole nitrogens is 1. The Morgan fingerprint density at radius 2 is 2.11 bits per heavy atom. The average molecular weight is 364 g/mol. The van der Waals surface area contributed by atoms with Gasteiger partial charge in [0.05, 0.1) is 6.26 Å². The maximum atomic E-state index is 12.1. The van der Waals surface area contributed by atoms with E-state index in [1.165, 1.54) is 0 Å². The van der Waals surface area contributed by atoms with Gasteiger partial charge in [0.15, 0.2) is 11.6 Å². The van der Waals surface area contributed by atoms with Crippen LogP contribution in [0.5, 0.6) is 0 Å². The quantitative estimate of drug-likeness (QED) is 0.516. The molecule has 0 aliphatic heterocycles. The van der Waals surface area contributed by atoms with Crippen molar-refractivity contribution in [3.63, 3.8) is 0 Å². The van der Waals surface area contributed by atoms with Gasteiger partial charge < -0.3 is 14.3 Å². The Labute approximate surface area is 153 Å². The van der Waals surface area contributed by atoms with E-state index in [9.17, 15) is 4.79 Å². The lowest BCUT2D eigenvalue weighted by Crippen LogP contribution is -2.11. The molecule has 136 valence electrons. The maximum absolute atomic E-state index is 12.1. The summed E-state index contributed by atoms with van der Waals surface area (Å²) in [6.45, 7) is 0. The number of hydrogen-bond donors (Lipinski definition) is 2. The first kappa shape index (κ1) is 16.7. The van der Waals surface area contributed by atoms with Crippen LogP contribution in [0.3, 0.4) is 0 Å². The fraction of sp³-hybridized carbons (Fsp3) is 0.167. The first-order chi connectivity index (χ1) is 13.3. The van der Waals surface area contributed by atoms with Crippen molar-refractivity contribution in [2.75, 3.05) is 5.32 Å². The van der Waals surface area contributed by atoms with Crippen LogP contribution in [0.15, 0.2) is 57.9 Å². The number of nitrogens with one attached hydrogen (secondary N) is 2. The van der Waals surface area contributed by atoms with Crippen molar-refractivity contribution >= 4 is 11.7 Å². The minimum absolute atomic E-state index is 0.138. The van der Waals surface area contributed by atoms with E-state index in [0.717, 1.165) is 5.56 Å². The van der Waals surface area contributed by atoms with Gasteiger partial charge in [-0.3, -0.25) is 14.9 Å². The molecule has 0 saturated heterocycles. The minimum Gasteiger partial charge on any atom is -0.463 e. The number of rotatable bonds is 7. The van der Waals surface area contributed by atoms with E-state index in [4.69, 9.17) is 8.94 Å². The van der Waals surface area contributed by atoms with E-state index in [-0.39, 0.29) is 5.91 Å². The summed E-state index contributed by atoms with van der Waals surface area (Å²) in [4.78, 5) is 20.3. The summed E-state index contributed by atoms with van der Waals surface area (Å²) in [5, 5.41) is 13.6. The molecule has 0 radical (unpaired) electrons. The lowest BCUT2D eigenvalue weighted by atomic mass is 10.2. The third kappa shape index (κ3) is 4.09. The van der Waals surface area contributed by atoms with Crippen molar-refractivity contribution < 1.29 is 13.7 Å². The topological polar surface area (TPSA) is 123 Å². The van der Waals surface area contributed by atoms with Gasteiger partial charge >= 0.3 is 0 Å². The molecule has 0 unspecified atom stereocenters. The lowest BCUT2D eigenvalue weighted by Gasteiger charge is -1.99. The number of pyridine rings is 1. The Kier molecular flexibility index (Phi) is 4.73. The summed E-state index contributed by atoms with van der Waals surface area (Å²) in [5.41, 5.74) is 1.54. The highest BCUT2D eigenvalue weighted by atomic mass is 16.5. The van der Waals surface area contributed by atoms with Crippen molar-refractivity contribution in [3.05, 3.63) is 54.9 Å². The van der Waals surface area contributed by atoms with Crippen LogP contribution in [0.25, 0.3) is 22.8 Å². The molecular formula is C18H16N6O3. The van der Waals surface area contributed by atoms with Gasteiger partial charge in [-0.15, -0.1) is 0 Å². The van der Waals surface area contributed by atoms with Crippen LogP contribution in [-0.2, 0) is 11.2 Å². The third-order valence-electron chi connectivity index (χ3n) is 3.83. The summed E-state index contributed by atoms with van der Waals surface area (Å²) in [6, 6.07) is 8.93. The Bertz CT molecular complexity index is 1010. The number of aryl methyl sites for hydroxylation is 1. The second-order valence-electron chi connectivity index (χ2n) is 5.79. The van der Waals surface area contributed by atoms with E-state index in [1.54, 1.807) is 30.8 Å². The van der Waals surface area contributed by atoms with Gasteiger partial charge in [-0.05, 0) is 30.7 Å². The Hall–Kier alpha value is -3.75. The van der Waals surface area contributed by atoms with Gasteiger partial charge in [-0.1, -0.05) is 5.16 Å². The zero-order chi connectivity index (χ0) is 18.5. The van der Waals surface area contributed by atoms with E-state index in [1.807, 2.05) is 18.2 Å². The van der Waals surface area contributed by atoms with Gasteiger partial charge in [0.25, 0.3) is 0 Å². The Morgan fingerprint density at radius 3 is 2.93 bits per heavy atom. The first-order valence-corrected chi connectivity index (χ1v) is 8.40. The molecule has 0 aromatic carbocycles. The standard InChI is InChI=1S/C18H16N6O3/c25-16(20-15-11-13(22-23-15)14-3-2-10-26-14)4-1-5-17-21-18(24-27-17)12-6-8-19-9-7-12/h2-3,6-11H,1,4-5H2,(H2,20,22,23,25). The van der Waals surface area contributed by atoms with Crippen LogP contribution >= 0.6 is 0 Å². The van der Waals surface area contributed by atoms with Crippen molar-refractivity contribution in [2.45, 2.75) is 19.3 Å². The molecule has 4 heterocycles. The highest BCUT2D eigenvalue weighted by Crippen LogP contribution is 2.20. The Balaban J connectivity index is 1.26. The summed E-state index contributed by atoms with van der Waals surface area (Å²) < 4.78 is 10.5. The van der Waals surface area contributed by atoms with E-state index in [0.29, 0.717) is 48.2 Å². The fourth-order valence-electron chi connectivity index (χ4n) is 2.52. The molecule has 2 N–H and O–H groups in total. The number of amides is 1. The number of aromatic nitrogens is 5. The van der Waals surface area contributed by atoms with Gasteiger partial charge in [0.2, 0.25) is 17.6 Å². The molecule has 0 saturated carbocycles. The second-order valence-corrected chi connectivity index (χ2v) is 5.79. The van der Waals surface area contributed by atoms with Crippen LogP contribution in [0.2, 0.25) is 0 Å². The number of carbonyl (C=O) groups is 1. The van der Waals surface area contributed by atoms with Crippen LogP contribution in [0.1, 0.15) is 18.7 Å². The summed E-state index contributed by atoms with van der Waals surface area (Å²) in [7, 11) is 0. The molecule has 0 aliphatic carbocycles. The number of nitrogens with zero attached hydrogens (tertiary/aromatic N) is 4. The summed E-state index contributed by atoms with van der Waals surface area (Å²) in [6.07, 6.45) is 6.33. The zero-order valence-electron chi connectivity index (χ0n) is 14.3. The van der Waals surface area contributed by atoms with Crippen molar-refractivity contribution in [1.82, 2.24) is 25.3 Å². The number of aromatic amines is 1. The molecular weight excluding hydrogens is 348 g/mol. The highest BCUT2D eigenvalue weighted by Gasteiger charge is 2.11. The first-order valence-electron chi connectivity index (χ1n) is 8.40. The van der Waals surface area contributed by atoms with E-state index in [2.05, 4.69) is 30.6 Å². The smallest absolute Gasteiger partial charge is 0.226 e. The number of carbonyl (C=O) groups excluding carboxylic acids is 1. The molecule has 27 heavy (non-hydrogen) atoms. The molecule has 9 heteroatoms. The molecule has 0 aliphatic rings. The van der Waals surface area contributed by atoms with Crippen LogP contribution in [0, 0.1) is 0 Å². The van der Waals surface area contributed by atoms with Crippen molar-refractivity contribution in [2.24, 2.45) is 0 Å². The van der Waals surface area contributed by atoms with E-state index < -0.39 is 0 Å². The molecule has 0 bridgehead atoms. The summed E-state index contributed by atoms with van der Waals surface area (Å²) >= 11 is 0. The normalized spacial score (nSPS) is 10.8. The molecule has 0 spiro atoms. The predicted octanol–water partition coefficient (Wildman–Crippen LogP) is 3.08. The maximum Gasteiger partial charge on any atom is 0.226 e. The molecule has 4 rings (SSSR count). The third-order valence-corrected chi connectivity index (χ3v) is 3.83. The minimum atomic E-state index is -0.138. The molecule has 4 aromatic heterocycles. The Morgan fingerprint density at radius 1 is 1.22 bits per heavy atom. The molecule has 1 amide bonds. The average Bonchev–Trinajstić information content (AvgIpc) is 3.44. The highest BCUT2D eigenvalue weighted by molar-refractivity contribution is 5.90. The molecule has 0 fully saturated rings. The number of anilines is 1. The zero-order valence-corrected chi connectivity index (χ0v) is 14.3. The lowest BCUT2D eigenvalue weighted by molar-refractivity contribution is -0.116. The van der Waals surface area contributed by atoms with Crippen LogP contribution < -0.4 is 5.32 Å². The monoisotopic (exact) mass is 364 g/mol. The van der Waals surface area contributed by atoms with Gasteiger partial charge in [0.1, 0.15) is 5.69 Å². The SMILES string of the molecule is O=C(CCCc1nc(-c2ccncc2)no1)Nc1cc(-c2ccco2)[nH]n1. The second kappa shape index (κ2) is 7.65. The van der Waals surface area contributed by atoms with Crippen molar-refractivity contribution in [1.29, 1.82) is 0 Å². The van der Waals surface area contributed by atoms with Crippen molar-refractivity contribution in [3.8, 4) is 22.8 Å². The van der Waals surface area contributed by atoms with Crippen LogP contribution in [0.4, 0.5) is 5.82 Å². The largest absolute Gasteiger partial charge is 0.463 e. The number of hydrogen-bond acceptors (Lipinski definition) is 7. The number of furan rings is 1. The summed E-state index contributed by atoms with van der Waals surface area (Å²) in [5.74, 6) is 1.98. The fourth-order valence-corrected chi connectivity index (χ4v) is 2.52. The molecule has 0 atom stereocenters.